The van der Waals surface area contributed by atoms with Gasteiger partial charge < -0.3 is 25.5 Å². The number of rotatable bonds is 10. The number of hydrogen-bond acceptors (Lipinski definition) is 8. The van der Waals surface area contributed by atoms with Crippen molar-refractivity contribution in [3.8, 4) is 5.75 Å². The van der Waals surface area contributed by atoms with E-state index in [1.165, 1.54) is 4.90 Å². The van der Waals surface area contributed by atoms with E-state index in [1.807, 2.05) is 19.1 Å². The summed E-state index contributed by atoms with van der Waals surface area (Å²) in [6.07, 6.45) is 0.904. The number of nitrogens with two attached hydrogens (primary N) is 1. The van der Waals surface area contributed by atoms with Crippen molar-refractivity contribution in [3.05, 3.63) is 77.7 Å². The highest BCUT2D eigenvalue weighted by atomic mass is 16.6. The van der Waals surface area contributed by atoms with Crippen molar-refractivity contribution in [1.29, 1.82) is 5.41 Å². The normalized spacial score (nSPS) is 10.7. The smallest absolute Gasteiger partial charge is 0.420 e. The van der Waals surface area contributed by atoms with Crippen LogP contribution in [0.25, 0.3) is 11.0 Å². The van der Waals surface area contributed by atoms with Gasteiger partial charge in [0.2, 0.25) is 0 Å². The Hall–Kier alpha value is -4.93. The number of ether oxygens (including phenoxy) is 2. The third kappa shape index (κ3) is 6.25. The minimum atomic E-state index is -0.665. The maximum atomic E-state index is 13.2. The molecule has 0 atom stereocenters. The second-order valence-corrected chi connectivity index (χ2v) is 8.38. The molecule has 38 heavy (non-hydrogen) atoms. The lowest BCUT2D eigenvalue weighted by molar-refractivity contribution is -0.142. The zero-order valence-corrected chi connectivity index (χ0v) is 21.2. The highest BCUT2D eigenvalue weighted by molar-refractivity contribution is 5.95. The Morgan fingerprint density at radius 1 is 1.13 bits per heavy atom. The van der Waals surface area contributed by atoms with Crippen molar-refractivity contribution in [2.24, 2.45) is 5.73 Å². The molecule has 0 radical (unpaired) electrons. The fourth-order valence-electron chi connectivity index (χ4n) is 3.79. The number of carbonyl (C=O) groups is 2. The van der Waals surface area contributed by atoms with Gasteiger partial charge in [0.15, 0.2) is 0 Å². The second-order valence-electron chi connectivity index (χ2n) is 8.38. The molecule has 4 aromatic rings. The summed E-state index contributed by atoms with van der Waals surface area (Å²) in [6, 6.07) is 15.9. The van der Waals surface area contributed by atoms with Crippen LogP contribution in [0.1, 0.15) is 30.3 Å². The molecule has 1 amide bonds. The highest BCUT2D eigenvalue weighted by Crippen LogP contribution is 2.27. The van der Waals surface area contributed by atoms with Crippen LogP contribution >= 0.6 is 0 Å². The number of H-pyrrole nitrogens is 1. The summed E-state index contributed by atoms with van der Waals surface area (Å²) >= 11 is 0. The summed E-state index contributed by atoms with van der Waals surface area (Å²) in [6.45, 7) is 4.31. The lowest BCUT2D eigenvalue weighted by atomic mass is 10.2. The van der Waals surface area contributed by atoms with Gasteiger partial charge in [-0.3, -0.25) is 15.1 Å². The molecule has 11 heteroatoms. The SMILES string of the molecule is CCOC(=O)CCN(C(=O)Oc1ccc2[nH]c(CNc3ccc(C(=N)N)cc3)nc2c1C)c1ccccn1. The molecule has 196 valence electrons. The number of hydrogen-bond donors (Lipinski definition) is 4. The van der Waals surface area contributed by atoms with Crippen LogP contribution in [0.15, 0.2) is 60.8 Å². The van der Waals surface area contributed by atoms with Crippen molar-refractivity contribution in [2.75, 3.05) is 23.4 Å². The van der Waals surface area contributed by atoms with Crippen molar-refractivity contribution < 1.29 is 19.1 Å². The third-order valence-electron chi connectivity index (χ3n) is 5.75. The number of amides is 1. The monoisotopic (exact) mass is 515 g/mol. The summed E-state index contributed by atoms with van der Waals surface area (Å²) in [7, 11) is 0. The Labute approximate surface area is 219 Å². The molecule has 5 N–H and O–H groups in total. The Morgan fingerprint density at radius 2 is 1.92 bits per heavy atom. The highest BCUT2D eigenvalue weighted by Gasteiger charge is 2.22. The predicted molar refractivity (Wildman–Crippen MR) is 144 cm³/mol. The number of nitrogens with zero attached hydrogens (tertiary/aromatic N) is 3. The van der Waals surface area contributed by atoms with E-state index in [1.54, 1.807) is 55.6 Å². The van der Waals surface area contributed by atoms with Gasteiger partial charge in [0.1, 0.15) is 23.2 Å². The molecule has 0 aliphatic heterocycles. The maximum absolute atomic E-state index is 13.2. The van der Waals surface area contributed by atoms with Crippen LogP contribution in [-0.4, -0.2) is 46.0 Å². The molecule has 4 rings (SSSR count). The van der Waals surface area contributed by atoms with Crippen LogP contribution in [-0.2, 0) is 16.1 Å². The number of esters is 1. The van der Waals surface area contributed by atoms with Gasteiger partial charge in [0.05, 0.1) is 30.6 Å². The van der Waals surface area contributed by atoms with E-state index in [4.69, 9.17) is 20.6 Å². The quantitative estimate of drug-likeness (QED) is 0.139. The van der Waals surface area contributed by atoms with Crippen LogP contribution in [0.5, 0.6) is 5.75 Å². The number of aryl methyl sites for hydroxylation is 1. The average molecular weight is 516 g/mol. The van der Waals surface area contributed by atoms with Crippen LogP contribution in [0, 0.1) is 12.3 Å². The molecule has 0 fully saturated rings. The van der Waals surface area contributed by atoms with Gasteiger partial charge in [-0.2, -0.15) is 0 Å². The van der Waals surface area contributed by atoms with Gasteiger partial charge in [-0.25, -0.2) is 14.8 Å². The predicted octanol–water partition coefficient (Wildman–Crippen LogP) is 4.12. The summed E-state index contributed by atoms with van der Waals surface area (Å²) in [5, 5.41) is 10.8. The number of carbonyl (C=O) groups excluding carboxylic acids is 2. The molecule has 0 bridgehead atoms. The number of benzene rings is 2. The van der Waals surface area contributed by atoms with E-state index >= 15 is 0 Å². The van der Waals surface area contributed by atoms with Crippen LogP contribution in [0.4, 0.5) is 16.3 Å². The Bertz CT molecular complexity index is 1440. The Balaban J connectivity index is 1.48. The first-order valence-electron chi connectivity index (χ1n) is 12.1. The number of amidine groups is 1. The fourth-order valence-corrected chi connectivity index (χ4v) is 3.79. The van der Waals surface area contributed by atoms with Crippen LogP contribution in [0.3, 0.4) is 0 Å². The maximum Gasteiger partial charge on any atom is 0.420 e. The summed E-state index contributed by atoms with van der Waals surface area (Å²) in [5.74, 6) is 1.02. The fraction of sp³-hybridized carbons (Fsp3) is 0.222. The molecule has 11 nitrogen and oxygen atoms in total. The van der Waals surface area contributed by atoms with Gasteiger partial charge in [0, 0.05) is 29.6 Å². The molecule has 0 saturated heterocycles. The van der Waals surface area contributed by atoms with Gasteiger partial charge in [-0.15, -0.1) is 0 Å². The molecular formula is C27H29N7O4. The van der Waals surface area contributed by atoms with Crippen molar-refractivity contribution in [2.45, 2.75) is 26.8 Å². The topological polar surface area (TPSA) is 159 Å². The first kappa shape index (κ1) is 26.1. The molecule has 0 unspecified atom stereocenters. The minimum Gasteiger partial charge on any atom is -0.466 e. The van der Waals surface area contributed by atoms with E-state index in [9.17, 15) is 9.59 Å². The van der Waals surface area contributed by atoms with Gasteiger partial charge in [-0.1, -0.05) is 6.07 Å². The molecule has 0 spiro atoms. The summed E-state index contributed by atoms with van der Waals surface area (Å²) < 4.78 is 10.7. The number of nitrogens with one attached hydrogen (secondary N) is 3. The number of imidazole rings is 1. The van der Waals surface area contributed by atoms with E-state index in [0.717, 1.165) is 11.2 Å². The molecule has 0 saturated carbocycles. The van der Waals surface area contributed by atoms with Crippen molar-refractivity contribution in [1.82, 2.24) is 15.0 Å². The first-order valence-corrected chi connectivity index (χ1v) is 12.1. The summed E-state index contributed by atoms with van der Waals surface area (Å²) in [5.41, 5.74) is 9.18. The number of fused-ring (bicyclic) bond motifs is 1. The molecular weight excluding hydrogens is 486 g/mol. The number of aromatic nitrogens is 3. The number of aromatic amines is 1. The zero-order chi connectivity index (χ0) is 27.1. The molecule has 2 heterocycles. The Morgan fingerprint density at radius 3 is 2.61 bits per heavy atom. The number of nitrogen functional groups attached to an aromatic ring is 1. The lowest BCUT2D eigenvalue weighted by Gasteiger charge is -2.21. The van der Waals surface area contributed by atoms with Gasteiger partial charge in [0.25, 0.3) is 0 Å². The van der Waals surface area contributed by atoms with Gasteiger partial charge >= 0.3 is 12.1 Å². The van der Waals surface area contributed by atoms with Crippen molar-refractivity contribution >= 4 is 40.4 Å². The zero-order valence-electron chi connectivity index (χ0n) is 21.2. The third-order valence-corrected chi connectivity index (χ3v) is 5.75. The number of anilines is 2. The van der Waals surface area contributed by atoms with E-state index < -0.39 is 12.1 Å². The minimum absolute atomic E-state index is 0.00470. The number of pyridine rings is 1. The van der Waals surface area contributed by atoms with Crippen LogP contribution < -0.4 is 20.7 Å². The standard InChI is InChI=1S/C27H29N7O4/c1-3-37-24(35)13-15-34(23-6-4-5-14-30-23)27(36)38-21-12-11-20-25(17(21)2)33-22(32-20)16-31-19-9-7-18(8-10-19)26(28)29/h4-12,14,31H,3,13,15-16H2,1-2H3,(H3,28,29)(H,32,33). The largest absolute Gasteiger partial charge is 0.466 e. The average Bonchev–Trinajstić information content (AvgIpc) is 3.34. The second kappa shape index (κ2) is 11.9. The lowest BCUT2D eigenvalue weighted by Crippen LogP contribution is -2.36. The molecule has 2 aromatic carbocycles. The molecule has 0 aliphatic rings. The Kier molecular flexibility index (Phi) is 8.17. The van der Waals surface area contributed by atoms with Crippen LogP contribution in [0.2, 0.25) is 0 Å². The van der Waals surface area contributed by atoms with Crippen molar-refractivity contribution in [3.63, 3.8) is 0 Å². The van der Waals surface area contributed by atoms with Gasteiger partial charge in [-0.05, 0) is 62.4 Å². The molecule has 0 aliphatic carbocycles. The molecule has 2 aromatic heterocycles. The van der Waals surface area contributed by atoms with E-state index in [0.29, 0.717) is 40.6 Å². The van der Waals surface area contributed by atoms with E-state index in [-0.39, 0.29) is 25.4 Å². The van der Waals surface area contributed by atoms with E-state index in [2.05, 4.69) is 20.3 Å². The first-order chi connectivity index (χ1) is 18.4. The summed E-state index contributed by atoms with van der Waals surface area (Å²) in [4.78, 5) is 38.5.